The van der Waals surface area contributed by atoms with Crippen molar-refractivity contribution in [3.63, 3.8) is 0 Å². The van der Waals surface area contributed by atoms with Crippen LogP contribution in [0.2, 0.25) is 0 Å². The van der Waals surface area contributed by atoms with E-state index >= 15 is 0 Å². The summed E-state index contributed by atoms with van der Waals surface area (Å²) in [6.45, 7) is 6.53. The van der Waals surface area contributed by atoms with Crippen molar-refractivity contribution in [2.24, 2.45) is 0 Å². The summed E-state index contributed by atoms with van der Waals surface area (Å²) in [6.07, 6.45) is 4.23. The van der Waals surface area contributed by atoms with Crippen molar-refractivity contribution < 1.29 is 18.7 Å². The molecule has 5 rings (SSSR count). The summed E-state index contributed by atoms with van der Waals surface area (Å²) in [5.74, 6) is -0.591. The van der Waals surface area contributed by atoms with Crippen LogP contribution in [0.3, 0.4) is 0 Å². The normalized spacial score (nSPS) is 16.1. The first kappa shape index (κ1) is 24.6. The lowest BCUT2D eigenvalue weighted by Gasteiger charge is -2.30. The maximum absolute atomic E-state index is 14.2. The number of ether oxygens (including phenoxy) is 2. The average molecular weight is 485 g/mol. The molecule has 7 heteroatoms. The monoisotopic (exact) mass is 484 g/mol. The number of rotatable bonds is 4. The van der Waals surface area contributed by atoms with Crippen LogP contribution in [0.4, 0.5) is 10.1 Å². The Balaban J connectivity index is 0.000000398. The van der Waals surface area contributed by atoms with Crippen molar-refractivity contribution >= 4 is 33.1 Å². The van der Waals surface area contributed by atoms with Gasteiger partial charge in [-0.3, -0.25) is 0 Å². The van der Waals surface area contributed by atoms with Gasteiger partial charge in [-0.05, 0) is 69.1 Å². The highest BCUT2D eigenvalue weighted by Crippen LogP contribution is 2.40. The lowest BCUT2D eigenvalue weighted by atomic mass is 9.94. The van der Waals surface area contributed by atoms with Crippen LogP contribution in [0, 0.1) is 19.7 Å². The third-order valence-corrected chi connectivity index (χ3v) is 7.77. The smallest absolute Gasteiger partial charge is 0.339 e. The number of thiophene rings is 1. The summed E-state index contributed by atoms with van der Waals surface area (Å²) in [5, 5.41) is 4.08. The van der Waals surface area contributed by atoms with Gasteiger partial charge in [0.15, 0.2) is 0 Å². The Bertz CT molecular complexity index is 1160. The highest BCUT2D eigenvalue weighted by Gasteiger charge is 2.22. The summed E-state index contributed by atoms with van der Waals surface area (Å²) in [6, 6.07) is 10.2. The maximum atomic E-state index is 14.2. The highest BCUT2D eigenvalue weighted by atomic mass is 32.1. The Morgan fingerprint density at radius 2 is 1.91 bits per heavy atom. The van der Waals surface area contributed by atoms with Gasteiger partial charge in [-0.25, -0.2) is 9.18 Å². The number of carbonyl (C=O) groups excluding carboxylic acids is 1. The van der Waals surface area contributed by atoms with E-state index in [9.17, 15) is 9.18 Å². The van der Waals surface area contributed by atoms with Gasteiger partial charge in [0.2, 0.25) is 0 Å². The minimum absolute atomic E-state index is 0.218. The number of nitrogens with one attached hydrogen (secondary N) is 1. The SMILES string of the molecule is CNC1CCC1.COC(=O)c1cc(-c2c(C)sc3cc(C)c(F)cc23)ccc1N1CCOCC1. The molecule has 1 aliphatic heterocycles. The van der Waals surface area contributed by atoms with Crippen molar-refractivity contribution in [1.29, 1.82) is 0 Å². The van der Waals surface area contributed by atoms with Crippen LogP contribution in [-0.4, -0.2) is 52.5 Å². The Morgan fingerprint density at radius 1 is 1.18 bits per heavy atom. The number of hydrogen-bond acceptors (Lipinski definition) is 6. The van der Waals surface area contributed by atoms with Crippen LogP contribution in [0.25, 0.3) is 21.2 Å². The van der Waals surface area contributed by atoms with E-state index in [2.05, 4.69) is 10.2 Å². The molecule has 2 aromatic carbocycles. The molecule has 0 amide bonds. The van der Waals surface area contributed by atoms with Gasteiger partial charge in [-0.1, -0.05) is 12.5 Å². The largest absolute Gasteiger partial charge is 0.465 e. The summed E-state index contributed by atoms with van der Waals surface area (Å²) < 4.78 is 25.7. The van der Waals surface area contributed by atoms with E-state index in [1.54, 1.807) is 24.3 Å². The van der Waals surface area contributed by atoms with E-state index in [-0.39, 0.29) is 11.8 Å². The first-order chi connectivity index (χ1) is 16.4. The Morgan fingerprint density at radius 3 is 2.50 bits per heavy atom. The lowest BCUT2D eigenvalue weighted by Crippen LogP contribution is -2.37. The second-order valence-corrected chi connectivity index (χ2v) is 10.1. The number of methoxy groups -OCH3 is 1. The zero-order valence-corrected chi connectivity index (χ0v) is 21.2. The van der Waals surface area contributed by atoms with Crippen LogP contribution in [0.1, 0.15) is 40.1 Å². The van der Waals surface area contributed by atoms with Crippen molar-refractivity contribution in [3.05, 3.63) is 52.2 Å². The standard InChI is InChI=1S/C22H22FNO3S.C5H11N/c1-13-10-20-17(12-18(13)23)21(14(2)28-20)15-4-5-19(16(11-15)22(25)26-3)24-6-8-27-9-7-24;1-6-5-3-2-4-5/h4-5,10-12H,6-9H2,1-3H3;5-6H,2-4H2,1H3. The van der Waals surface area contributed by atoms with E-state index in [0.29, 0.717) is 24.3 Å². The topological polar surface area (TPSA) is 50.8 Å². The molecule has 1 aromatic heterocycles. The second-order valence-electron chi connectivity index (χ2n) is 8.87. The molecule has 1 saturated heterocycles. The molecule has 0 bridgehead atoms. The molecule has 1 N–H and O–H groups in total. The number of halogens is 1. The van der Waals surface area contributed by atoms with Crippen molar-refractivity contribution in [2.75, 3.05) is 45.4 Å². The van der Waals surface area contributed by atoms with E-state index in [1.807, 2.05) is 38.2 Å². The molecule has 0 radical (unpaired) electrons. The molecular formula is C27H33FN2O3S. The van der Waals surface area contributed by atoms with Gasteiger partial charge in [0.05, 0.1) is 31.6 Å². The van der Waals surface area contributed by atoms with Gasteiger partial charge in [0.1, 0.15) is 5.82 Å². The van der Waals surface area contributed by atoms with Crippen LogP contribution in [0.5, 0.6) is 0 Å². The molecule has 0 unspecified atom stereocenters. The maximum Gasteiger partial charge on any atom is 0.339 e. The minimum atomic E-state index is -0.373. The van der Waals surface area contributed by atoms with Gasteiger partial charge in [0.25, 0.3) is 0 Å². The fourth-order valence-corrected chi connectivity index (χ4v) is 5.61. The van der Waals surface area contributed by atoms with Crippen LogP contribution in [0.15, 0.2) is 30.3 Å². The Hall–Kier alpha value is -2.48. The molecule has 34 heavy (non-hydrogen) atoms. The van der Waals surface area contributed by atoms with Gasteiger partial charge >= 0.3 is 5.97 Å². The summed E-state index contributed by atoms with van der Waals surface area (Å²) >= 11 is 1.64. The third-order valence-electron chi connectivity index (χ3n) is 6.70. The molecule has 2 fully saturated rings. The predicted octanol–water partition coefficient (Wildman–Crippen LogP) is 5.71. The zero-order valence-electron chi connectivity index (χ0n) is 20.4. The van der Waals surface area contributed by atoms with Crippen LogP contribution in [-0.2, 0) is 9.47 Å². The second kappa shape index (κ2) is 10.8. The highest BCUT2D eigenvalue weighted by molar-refractivity contribution is 7.19. The number of aryl methyl sites for hydroxylation is 2. The van der Waals surface area contributed by atoms with E-state index in [0.717, 1.165) is 50.9 Å². The molecule has 3 aromatic rings. The number of nitrogens with zero attached hydrogens (tertiary/aromatic N) is 1. The first-order valence-corrected chi connectivity index (χ1v) is 12.7. The molecule has 5 nitrogen and oxygen atoms in total. The van der Waals surface area contributed by atoms with Crippen LogP contribution >= 0.6 is 11.3 Å². The molecule has 2 aliphatic rings. The zero-order chi connectivity index (χ0) is 24.2. The van der Waals surface area contributed by atoms with Crippen molar-refractivity contribution in [2.45, 2.75) is 39.2 Å². The quantitative estimate of drug-likeness (QED) is 0.481. The van der Waals surface area contributed by atoms with Crippen LogP contribution < -0.4 is 10.2 Å². The molecule has 0 spiro atoms. The number of benzene rings is 2. The minimum Gasteiger partial charge on any atom is -0.465 e. The van der Waals surface area contributed by atoms with Gasteiger partial charge in [-0.2, -0.15) is 0 Å². The fourth-order valence-electron chi connectivity index (χ4n) is 4.44. The molecular weight excluding hydrogens is 451 g/mol. The van der Waals surface area contributed by atoms with Crippen molar-refractivity contribution in [1.82, 2.24) is 5.32 Å². The lowest BCUT2D eigenvalue weighted by molar-refractivity contribution is 0.0600. The number of anilines is 1. The van der Waals surface area contributed by atoms with Crippen molar-refractivity contribution in [3.8, 4) is 11.1 Å². The van der Waals surface area contributed by atoms with E-state index in [1.165, 1.54) is 26.4 Å². The molecule has 2 heterocycles. The van der Waals surface area contributed by atoms with Gasteiger partial charge < -0.3 is 19.7 Å². The number of esters is 1. The fraction of sp³-hybridized carbons (Fsp3) is 0.444. The first-order valence-electron chi connectivity index (χ1n) is 11.8. The summed E-state index contributed by atoms with van der Waals surface area (Å²) in [4.78, 5) is 15.7. The number of morpholine rings is 1. The van der Waals surface area contributed by atoms with E-state index < -0.39 is 0 Å². The molecule has 0 atom stereocenters. The summed E-state index contributed by atoms with van der Waals surface area (Å²) in [5.41, 5.74) is 3.87. The van der Waals surface area contributed by atoms with E-state index in [4.69, 9.17) is 9.47 Å². The number of hydrogen-bond donors (Lipinski definition) is 1. The molecule has 1 aliphatic carbocycles. The number of carbonyl (C=O) groups is 1. The number of fused-ring (bicyclic) bond motifs is 1. The third kappa shape index (κ3) is 5.11. The predicted molar refractivity (Wildman–Crippen MR) is 138 cm³/mol. The molecule has 182 valence electrons. The molecule has 1 saturated carbocycles. The van der Waals surface area contributed by atoms with Gasteiger partial charge in [0, 0.05) is 39.7 Å². The summed E-state index contributed by atoms with van der Waals surface area (Å²) in [7, 11) is 3.42. The Labute approximate surface area is 204 Å². The Kier molecular flexibility index (Phi) is 7.86. The van der Waals surface area contributed by atoms with Gasteiger partial charge in [-0.15, -0.1) is 11.3 Å². The average Bonchev–Trinajstić information content (AvgIpc) is 3.13.